The Morgan fingerprint density at radius 1 is 0.833 bits per heavy atom. The van der Waals surface area contributed by atoms with Crippen LogP contribution in [0.4, 0.5) is 11.5 Å². The molecule has 3 aromatic carbocycles. The first-order valence-corrected chi connectivity index (χ1v) is 11.3. The summed E-state index contributed by atoms with van der Waals surface area (Å²) in [6.07, 6.45) is 1.47. The first-order chi connectivity index (χ1) is 14.3. The lowest BCUT2D eigenvalue weighted by Gasteiger charge is -2.13. The highest BCUT2D eigenvalue weighted by molar-refractivity contribution is 7.91. The third-order valence-electron chi connectivity index (χ3n) is 4.53. The maximum atomic E-state index is 13.4. The summed E-state index contributed by atoms with van der Waals surface area (Å²) in [5.41, 5.74) is 2.37. The second-order valence-corrected chi connectivity index (χ2v) is 9.43. The number of nitrogens with zero attached hydrogens (tertiary/aromatic N) is 2. The Balaban J connectivity index is 1.86. The summed E-state index contributed by atoms with van der Waals surface area (Å²) in [4.78, 5) is 4.43. The smallest absolute Gasteiger partial charge is 0.227 e. The largest absolute Gasteiger partial charge is 0.339 e. The second-order valence-electron chi connectivity index (χ2n) is 6.69. The zero-order chi connectivity index (χ0) is 21.3. The summed E-state index contributed by atoms with van der Waals surface area (Å²) in [5, 5.41) is 4.27. The molecule has 0 aliphatic rings. The summed E-state index contributed by atoms with van der Waals surface area (Å²) < 4.78 is 28.4. The Hall–Kier alpha value is -2.80. The summed E-state index contributed by atoms with van der Waals surface area (Å²) >= 11 is 12.0. The van der Waals surface area contributed by atoms with Crippen LogP contribution in [0.25, 0.3) is 5.69 Å². The van der Waals surface area contributed by atoms with Gasteiger partial charge in [0.25, 0.3) is 0 Å². The van der Waals surface area contributed by atoms with Gasteiger partial charge in [-0.25, -0.2) is 13.4 Å². The number of aromatic nitrogens is 2. The molecule has 1 N–H and O–H groups in total. The van der Waals surface area contributed by atoms with Gasteiger partial charge in [-0.1, -0.05) is 40.9 Å². The fourth-order valence-corrected chi connectivity index (χ4v) is 4.50. The van der Waals surface area contributed by atoms with E-state index in [1.54, 1.807) is 77.4 Å². The number of aryl methyl sites for hydroxylation is 1. The van der Waals surface area contributed by atoms with Crippen molar-refractivity contribution in [2.24, 2.45) is 0 Å². The number of hydrogen-bond acceptors (Lipinski definition) is 4. The first-order valence-electron chi connectivity index (χ1n) is 9.02. The molecule has 1 heterocycles. The molecule has 0 aliphatic carbocycles. The topological polar surface area (TPSA) is 64.0 Å². The number of benzene rings is 3. The van der Waals surface area contributed by atoms with Crippen molar-refractivity contribution < 1.29 is 8.42 Å². The fourth-order valence-electron chi connectivity index (χ4n) is 2.94. The summed E-state index contributed by atoms with van der Waals surface area (Å²) in [7, 11) is -3.86. The standard InChI is InChI=1S/C22H17Cl2N3O2S/c1-15-2-12-20(13-3-15)30(28,29)22-21(26-18-8-4-16(23)5-9-18)27(14-25-22)19-10-6-17(24)7-11-19/h2-14,26H,1H3. The van der Waals surface area contributed by atoms with E-state index in [0.29, 0.717) is 27.2 Å². The van der Waals surface area contributed by atoms with Crippen LogP contribution in [0.5, 0.6) is 0 Å². The number of anilines is 2. The molecular weight excluding hydrogens is 441 g/mol. The van der Waals surface area contributed by atoms with Crippen molar-refractivity contribution in [2.45, 2.75) is 16.8 Å². The van der Waals surface area contributed by atoms with E-state index in [-0.39, 0.29) is 9.92 Å². The van der Waals surface area contributed by atoms with E-state index in [9.17, 15) is 8.42 Å². The van der Waals surface area contributed by atoms with Crippen LogP contribution in [0.3, 0.4) is 0 Å². The van der Waals surface area contributed by atoms with Crippen LogP contribution >= 0.6 is 23.2 Å². The Kier molecular flexibility index (Phi) is 5.56. The van der Waals surface area contributed by atoms with Crippen LogP contribution in [0.2, 0.25) is 10.0 Å². The normalized spacial score (nSPS) is 11.4. The van der Waals surface area contributed by atoms with Gasteiger partial charge in [0, 0.05) is 21.4 Å². The van der Waals surface area contributed by atoms with Crippen molar-refractivity contribution in [2.75, 3.05) is 5.32 Å². The minimum absolute atomic E-state index is 0.0729. The molecule has 4 rings (SSSR count). The zero-order valence-corrected chi connectivity index (χ0v) is 18.2. The highest BCUT2D eigenvalue weighted by Gasteiger charge is 2.27. The third-order valence-corrected chi connectivity index (χ3v) is 6.74. The maximum Gasteiger partial charge on any atom is 0.227 e. The van der Waals surface area contributed by atoms with Crippen LogP contribution in [-0.4, -0.2) is 18.0 Å². The average Bonchev–Trinajstić information content (AvgIpc) is 3.15. The van der Waals surface area contributed by atoms with E-state index < -0.39 is 9.84 Å². The molecule has 0 spiro atoms. The van der Waals surface area contributed by atoms with Crippen molar-refractivity contribution in [3.05, 3.63) is 94.7 Å². The molecule has 0 unspecified atom stereocenters. The van der Waals surface area contributed by atoms with E-state index in [0.717, 1.165) is 5.56 Å². The van der Waals surface area contributed by atoms with Gasteiger partial charge in [0.05, 0.1) is 4.90 Å². The van der Waals surface area contributed by atoms with Crippen LogP contribution in [0.15, 0.2) is 89.0 Å². The maximum absolute atomic E-state index is 13.4. The van der Waals surface area contributed by atoms with E-state index in [1.165, 1.54) is 6.33 Å². The molecule has 0 fully saturated rings. The zero-order valence-electron chi connectivity index (χ0n) is 15.9. The quantitative estimate of drug-likeness (QED) is 0.395. The molecule has 0 aliphatic heterocycles. The predicted octanol–water partition coefficient (Wildman–Crippen LogP) is 6.06. The molecule has 152 valence electrons. The molecule has 0 bridgehead atoms. The minimum atomic E-state index is -3.86. The molecule has 0 saturated carbocycles. The Bertz CT molecular complexity index is 1280. The lowest BCUT2D eigenvalue weighted by atomic mass is 10.2. The van der Waals surface area contributed by atoms with Gasteiger partial charge in [0.1, 0.15) is 6.33 Å². The van der Waals surface area contributed by atoms with Gasteiger partial charge in [0.15, 0.2) is 5.82 Å². The molecule has 8 heteroatoms. The van der Waals surface area contributed by atoms with Gasteiger partial charge in [-0.2, -0.15) is 0 Å². The minimum Gasteiger partial charge on any atom is -0.339 e. The summed E-state index contributed by atoms with van der Waals surface area (Å²) in [5.74, 6) is 0.320. The van der Waals surface area contributed by atoms with Gasteiger partial charge in [-0.3, -0.25) is 4.57 Å². The summed E-state index contributed by atoms with van der Waals surface area (Å²) in [6.45, 7) is 1.90. The monoisotopic (exact) mass is 457 g/mol. The molecular formula is C22H17Cl2N3O2S. The summed E-state index contributed by atoms with van der Waals surface area (Å²) in [6, 6.07) is 20.7. The second kappa shape index (κ2) is 8.14. The van der Waals surface area contributed by atoms with E-state index in [4.69, 9.17) is 23.2 Å². The number of imidazole rings is 1. The van der Waals surface area contributed by atoms with Crippen molar-refractivity contribution in [3.63, 3.8) is 0 Å². The van der Waals surface area contributed by atoms with Gasteiger partial charge in [0.2, 0.25) is 14.9 Å². The van der Waals surface area contributed by atoms with Crippen molar-refractivity contribution in [1.82, 2.24) is 9.55 Å². The van der Waals surface area contributed by atoms with Gasteiger partial charge in [-0.05, 0) is 67.6 Å². The molecule has 5 nitrogen and oxygen atoms in total. The highest BCUT2D eigenvalue weighted by Crippen LogP contribution is 2.32. The van der Waals surface area contributed by atoms with Crippen LogP contribution < -0.4 is 5.32 Å². The Labute approximate surface area is 184 Å². The number of halogens is 2. The molecule has 0 atom stereocenters. The van der Waals surface area contributed by atoms with Crippen molar-refractivity contribution >= 4 is 44.5 Å². The third kappa shape index (κ3) is 4.07. The van der Waals surface area contributed by atoms with E-state index in [2.05, 4.69) is 10.3 Å². The van der Waals surface area contributed by atoms with Crippen LogP contribution in [-0.2, 0) is 9.84 Å². The number of hydrogen-bond donors (Lipinski definition) is 1. The van der Waals surface area contributed by atoms with Gasteiger partial charge < -0.3 is 5.32 Å². The van der Waals surface area contributed by atoms with E-state index >= 15 is 0 Å². The lowest BCUT2D eigenvalue weighted by molar-refractivity contribution is 0.593. The lowest BCUT2D eigenvalue weighted by Crippen LogP contribution is -2.08. The molecule has 0 radical (unpaired) electrons. The number of nitrogens with one attached hydrogen (secondary N) is 1. The van der Waals surface area contributed by atoms with E-state index in [1.807, 2.05) is 6.92 Å². The van der Waals surface area contributed by atoms with Crippen molar-refractivity contribution in [1.29, 1.82) is 0 Å². The number of rotatable bonds is 5. The fraction of sp³-hybridized carbons (Fsp3) is 0.0455. The molecule has 30 heavy (non-hydrogen) atoms. The highest BCUT2D eigenvalue weighted by atomic mass is 35.5. The molecule has 0 saturated heterocycles. The van der Waals surface area contributed by atoms with Crippen LogP contribution in [0.1, 0.15) is 5.56 Å². The molecule has 1 aromatic heterocycles. The average molecular weight is 458 g/mol. The number of sulfone groups is 1. The predicted molar refractivity (Wildman–Crippen MR) is 120 cm³/mol. The van der Waals surface area contributed by atoms with Gasteiger partial charge >= 0.3 is 0 Å². The Morgan fingerprint density at radius 3 is 2.00 bits per heavy atom. The SMILES string of the molecule is Cc1ccc(S(=O)(=O)c2ncn(-c3ccc(Cl)cc3)c2Nc2ccc(Cl)cc2)cc1. The van der Waals surface area contributed by atoms with Gasteiger partial charge in [-0.15, -0.1) is 0 Å². The van der Waals surface area contributed by atoms with Crippen molar-refractivity contribution in [3.8, 4) is 5.69 Å². The molecule has 4 aromatic rings. The first kappa shape index (κ1) is 20.5. The molecule has 0 amide bonds. The Morgan fingerprint density at radius 2 is 1.40 bits per heavy atom. The van der Waals surface area contributed by atoms with Crippen LogP contribution in [0, 0.1) is 6.92 Å².